The van der Waals surface area contributed by atoms with Crippen molar-refractivity contribution in [2.75, 3.05) is 34.3 Å². The monoisotopic (exact) mass is 362 g/mol. The van der Waals surface area contributed by atoms with Crippen LogP contribution in [0.4, 0.5) is 0 Å². The molecule has 0 aliphatic carbocycles. The fourth-order valence-electron chi connectivity index (χ4n) is 2.36. The molecule has 0 fully saturated rings. The molecule has 0 aliphatic heterocycles. The first-order valence-corrected chi connectivity index (χ1v) is 9.62. The highest BCUT2D eigenvalue weighted by atomic mass is 32.2. The predicted molar refractivity (Wildman–Crippen MR) is 100 cm³/mol. The normalized spacial score (nSPS) is 11.9. The first kappa shape index (κ1) is 19.4. The summed E-state index contributed by atoms with van der Waals surface area (Å²) in [7, 11) is 1.67. The summed E-state index contributed by atoms with van der Waals surface area (Å²) in [5.74, 6) is 0.859. The molecule has 0 aliphatic rings. The number of hydrogen-bond acceptors (Lipinski definition) is 4. The van der Waals surface area contributed by atoms with Crippen LogP contribution in [0.25, 0.3) is 0 Å². The van der Waals surface area contributed by atoms with Crippen molar-refractivity contribution in [3.05, 3.63) is 59.7 Å². The van der Waals surface area contributed by atoms with Crippen LogP contribution in [0.15, 0.2) is 53.4 Å². The number of likely N-dealkylation sites (N-methyl/N-ethyl adjacent to an activating group) is 1. The topological polar surface area (TPSA) is 49.9 Å². The molecule has 0 bridgehead atoms. The smallest absolute Gasteiger partial charge is 0.242 e. The molecule has 2 aromatic carbocycles. The Hall–Kier alpha value is -1.89. The van der Waals surface area contributed by atoms with Gasteiger partial charge in [-0.05, 0) is 43.8 Å². The Morgan fingerprint density at radius 1 is 1.00 bits per heavy atom. The van der Waals surface area contributed by atoms with Gasteiger partial charge in [0.1, 0.15) is 12.4 Å². The van der Waals surface area contributed by atoms with E-state index in [2.05, 4.69) is 4.90 Å². The van der Waals surface area contributed by atoms with Crippen LogP contribution in [0.3, 0.4) is 0 Å². The molecule has 0 spiro atoms. The van der Waals surface area contributed by atoms with E-state index >= 15 is 0 Å². The van der Waals surface area contributed by atoms with Crippen LogP contribution in [0.5, 0.6) is 5.75 Å². The zero-order valence-corrected chi connectivity index (χ0v) is 16.1. The molecular weight excluding hydrogens is 336 g/mol. The van der Waals surface area contributed by atoms with Crippen molar-refractivity contribution < 1.29 is 13.2 Å². The molecule has 0 unspecified atom stereocenters. The Morgan fingerprint density at radius 2 is 1.68 bits per heavy atom. The fourth-order valence-corrected chi connectivity index (χ4v) is 3.33. The highest BCUT2D eigenvalue weighted by Gasteiger charge is 2.17. The Bertz CT molecular complexity index is 787. The summed E-state index contributed by atoms with van der Waals surface area (Å²) in [5.41, 5.74) is 2.16. The van der Waals surface area contributed by atoms with Gasteiger partial charge in [-0.3, -0.25) is 4.90 Å². The summed E-state index contributed by atoms with van der Waals surface area (Å²) in [6.07, 6.45) is 0. The van der Waals surface area contributed by atoms with Gasteiger partial charge >= 0.3 is 0 Å². The highest BCUT2D eigenvalue weighted by Crippen LogP contribution is 2.16. The van der Waals surface area contributed by atoms with E-state index in [0.717, 1.165) is 17.9 Å². The number of nitrogens with zero attached hydrogens (tertiary/aromatic N) is 2. The largest absolute Gasteiger partial charge is 0.492 e. The van der Waals surface area contributed by atoms with Crippen molar-refractivity contribution in [3.8, 4) is 5.75 Å². The van der Waals surface area contributed by atoms with Gasteiger partial charge in [-0.15, -0.1) is 0 Å². The van der Waals surface area contributed by atoms with Gasteiger partial charge in [0.2, 0.25) is 10.0 Å². The summed E-state index contributed by atoms with van der Waals surface area (Å²) in [4.78, 5) is 2.43. The van der Waals surface area contributed by atoms with E-state index in [1.54, 1.807) is 18.2 Å². The van der Waals surface area contributed by atoms with Crippen molar-refractivity contribution in [2.24, 2.45) is 0 Å². The second-order valence-corrected chi connectivity index (χ2v) is 8.49. The van der Waals surface area contributed by atoms with Crippen LogP contribution in [0, 0.1) is 6.92 Å². The first-order valence-electron chi connectivity index (χ1n) is 8.18. The van der Waals surface area contributed by atoms with Crippen LogP contribution in [-0.4, -0.2) is 51.9 Å². The zero-order valence-electron chi connectivity index (χ0n) is 15.3. The van der Waals surface area contributed by atoms with Gasteiger partial charge in [0.15, 0.2) is 0 Å². The Morgan fingerprint density at radius 3 is 2.32 bits per heavy atom. The third-order valence-corrected chi connectivity index (χ3v) is 5.70. The number of rotatable bonds is 8. The van der Waals surface area contributed by atoms with E-state index in [0.29, 0.717) is 18.0 Å². The molecule has 0 saturated heterocycles. The molecule has 25 heavy (non-hydrogen) atoms. The SMILES string of the molecule is Cc1ccc(OCCN(C)Cc2cccc(S(=O)(=O)N(C)C)c2)cc1. The number of benzene rings is 2. The third-order valence-electron chi connectivity index (χ3n) is 3.89. The summed E-state index contributed by atoms with van der Waals surface area (Å²) in [6, 6.07) is 15.0. The molecule has 0 atom stereocenters. The summed E-state index contributed by atoms with van der Waals surface area (Å²) < 4.78 is 31.4. The van der Waals surface area contributed by atoms with Crippen LogP contribution in [0.2, 0.25) is 0 Å². The van der Waals surface area contributed by atoms with Crippen LogP contribution in [-0.2, 0) is 16.6 Å². The molecule has 0 amide bonds. The minimum absolute atomic E-state index is 0.319. The fraction of sp³-hybridized carbons (Fsp3) is 0.368. The second kappa shape index (κ2) is 8.47. The van der Waals surface area contributed by atoms with E-state index in [1.807, 2.05) is 44.3 Å². The maximum Gasteiger partial charge on any atom is 0.242 e. The summed E-state index contributed by atoms with van der Waals surface area (Å²) in [5, 5.41) is 0. The number of hydrogen-bond donors (Lipinski definition) is 0. The summed E-state index contributed by atoms with van der Waals surface area (Å²) >= 11 is 0. The van der Waals surface area contributed by atoms with Gasteiger partial charge in [0, 0.05) is 27.2 Å². The quantitative estimate of drug-likeness (QED) is 0.725. The minimum atomic E-state index is -3.40. The van der Waals surface area contributed by atoms with E-state index in [-0.39, 0.29) is 0 Å². The van der Waals surface area contributed by atoms with Crippen molar-refractivity contribution >= 4 is 10.0 Å². The molecule has 0 heterocycles. The highest BCUT2D eigenvalue weighted by molar-refractivity contribution is 7.89. The van der Waals surface area contributed by atoms with Gasteiger partial charge in [-0.2, -0.15) is 0 Å². The average Bonchev–Trinajstić information content (AvgIpc) is 2.56. The Labute approximate surface area is 150 Å². The molecule has 0 radical (unpaired) electrons. The molecule has 2 rings (SSSR count). The van der Waals surface area contributed by atoms with Gasteiger partial charge in [0.05, 0.1) is 4.90 Å². The molecule has 136 valence electrons. The van der Waals surface area contributed by atoms with E-state index in [1.165, 1.54) is 24.0 Å². The second-order valence-electron chi connectivity index (χ2n) is 6.33. The zero-order chi connectivity index (χ0) is 18.4. The van der Waals surface area contributed by atoms with E-state index < -0.39 is 10.0 Å². The van der Waals surface area contributed by atoms with Crippen LogP contribution < -0.4 is 4.74 Å². The molecule has 5 nitrogen and oxygen atoms in total. The first-order chi connectivity index (χ1) is 11.8. The number of aryl methyl sites for hydroxylation is 1. The van der Waals surface area contributed by atoms with E-state index in [9.17, 15) is 8.42 Å². The molecular formula is C19H26N2O3S. The maximum absolute atomic E-state index is 12.2. The van der Waals surface area contributed by atoms with Gasteiger partial charge in [-0.1, -0.05) is 29.8 Å². The lowest BCUT2D eigenvalue weighted by Gasteiger charge is -2.18. The minimum Gasteiger partial charge on any atom is -0.492 e. The van der Waals surface area contributed by atoms with Crippen LogP contribution >= 0.6 is 0 Å². The number of sulfonamides is 1. The molecule has 0 N–H and O–H groups in total. The van der Waals surface area contributed by atoms with Crippen molar-refractivity contribution in [1.82, 2.24) is 9.21 Å². The van der Waals surface area contributed by atoms with Crippen molar-refractivity contribution in [2.45, 2.75) is 18.4 Å². The van der Waals surface area contributed by atoms with Gasteiger partial charge in [-0.25, -0.2) is 12.7 Å². The van der Waals surface area contributed by atoms with Gasteiger partial charge in [0.25, 0.3) is 0 Å². The lowest BCUT2D eigenvalue weighted by Crippen LogP contribution is -2.25. The summed E-state index contributed by atoms with van der Waals surface area (Å²) in [6.45, 7) is 4.03. The van der Waals surface area contributed by atoms with Crippen molar-refractivity contribution in [1.29, 1.82) is 0 Å². The lowest BCUT2D eigenvalue weighted by molar-refractivity contribution is 0.233. The Balaban J connectivity index is 1.90. The van der Waals surface area contributed by atoms with E-state index in [4.69, 9.17) is 4.74 Å². The standard InChI is InChI=1S/C19H26N2O3S/c1-16-8-10-18(11-9-16)24-13-12-21(4)15-17-6-5-7-19(14-17)25(22,23)20(2)3/h5-11,14H,12-13,15H2,1-4H3. The maximum atomic E-state index is 12.2. The molecule has 2 aromatic rings. The molecule has 6 heteroatoms. The molecule has 0 saturated carbocycles. The average molecular weight is 362 g/mol. The Kier molecular flexibility index (Phi) is 6.58. The predicted octanol–water partition coefficient (Wildman–Crippen LogP) is 2.76. The number of ether oxygens (including phenoxy) is 1. The van der Waals surface area contributed by atoms with Gasteiger partial charge < -0.3 is 4.74 Å². The van der Waals surface area contributed by atoms with Crippen molar-refractivity contribution in [3.63, 3.8) is 0 Å². The lowest BCUT2D eigenvalue weighted by atomic mass is 10.2. The molecule has 0 aromatic heterocycles. The van der Waals surface area contributed by atoms with Crippen LogP contribution in [0.1, 0.15) is 11.1 Å². The third kappa shape index (κ3) is 5.56.